The van der Waals surface area contributed by atoms with Crippen molar-refractivity contribution in [2.75, 3.05) is 5.75 Å². The third kappa shape index (κ3) is 2.52. The molecule has 0 aliphatic heterocycles. The molecule has 0 spiro atoms. The maximum Gasteiger partial charge on any atom is 0.0506 e. The molecule has 0 bridgehead atoms. The Morgan fingerprint density at radius 3 is 2.67 bits per heavy atom. The summed E-state index contributed by atoms with van der Waals surface area (Å²) in [6.07, 6.45) is 0. The molecule has 0 fully saturated rings. The first kappa shape index (κ1) is 9.59. The highest BCUT2D eigenvalue weighted by Gasteiger charge is 1.96. The van der Waals surface area contributed by atoms with Crippen molar-refractivity contribution in [3.05, 3.63) is 29.1 Å². The van der Waals surface area contributed by atoms with Gasteiger partial charge in [-0.3, -0.25) is 4.98 Å². The van der Waals surface area contributed by atoms with E-state index in [4.69, 9.17) is 0 Å². The van der Waals surface area contributed by atoms with Crippen molar-refractivity contribution in [3.8, 4) is 0 Å². The van der Waals surface area contributed by atoms with Gasteiger partial charge in [0.2, 0.25) is 0 Å². The molecule has 66 valence electrons. The Labute approximate surface area is 78.6 Å². The topological polar surface area (TPSA) is 12.9 Å². The molecular weight excluding hydrogens is 166 g/mol. The highest BCUT2D eigenvalue weighted by Crippen LogP contribution is 2.11. The number of aromatic nitrogens is 1. The minimum absolute atomic E-state index is 1.04. The fourth-order valence-corrected chi connectivity index (χ4v) is 1.54. The van der Waals surface area contributed by atoms with E-state index in [0.717, 1.165) is 17.2 Å². The van der Waals surface area contributed by atoms with Crippen LogP contribution in [0.5, 0.6) is 0 Å². The number of pyridine rings is 1. The second-order valence-corrected chi connectivity index (χ2v) is 4.12. The Morgan fingerprint density at radius 2 is 2.08 bits per heavy atom. The monoisotopic (exact) mass is 181 g/mol. The van der Waals surface area contributed by atoms with Crippen LogP contribution in [0.15, 0.2) is 12.1 Å². The Balaban J connectivity index is 2.69. The second-order valence-electron chi connectivity index (χ2n) is 2.84. The molecule has 1 heterocycles. The van der Waals surface area contributed by atoms with Crippen LogP contribution in [0.3, 0.4) is 0 Å². The van der Waals surface area contributed by atoms with Crippen LogP contribution in [0, 0.1) is 13.8 Å². The van der Waals surface area contributed by atoms with Crippen molar-refractivity contribution < 1.29 is 0 Å². The molecule has 0 atom stereocenters. The molecule has 0 radical (unpaired) electrons. The highest BCUT2D eigenvalue weighted by atomic mass is 32.2. The van der Waals surface area contributed by atoms with Gasteiger partial charge in [-0.1, -0.05) is 13.0 Å². The zero-order chi connectivity index (χ0) is 8.97. The van der Waals surface area contributed by atoms with Crippen LogP contribution >= 0.6 is 11.8 Å². The first-order chi connectivity index (χ1) is 5.74. The molecule has 0 saturated heterocycles. The van der Waals surface area contributed by atoms with E-state index >= 15 is 0 Å². The van der Waals surface area contributed by atoms with Crippen LogP contribution in [0.1, 0.15) is 23.9 Å². The van der Waals surface area contributed by atoms with Crippen LogP contribution in [0.25, 0.3) is 0 Å². The van der Waals surface area contributed by atoms with Gasteiger partial charge in [0.1, 0.15) is 0 Å². The third-order valence-corrected chi connectivity index (χ3v) is 2.77. The maximum atomic E-state index is 4.49. The lowest BCUT2D eigenvalue weighted by molar-refractivity contribution is 1.08. The lowest BCUT2D eigenvalue weighted by atomic mass is 10.2. The fraction of sp³-hybridized carbons (Fsp3) is 0.500. The van der Waals surface area contributed by atoms with Gasteiger partial charge in [-0.05, 0) is 31.2 Å². The number of hydrogen-bond acceptors (Lipinski definition) is 2. The summed E-state index contributed by atoms with van der Waals surface area (Å²) in [6.45, 7) is 6.33. The van der Waals surface area contributed by atoms with Gasteiger partial charge < -0.3 is 0 Å². The fourth-order valence-electron chi connectivity index (χ4n) is 0.970. The van der Waals surface area contributed by atoms with E-state index in [1.165, 1.54) is 11.3 Å². The van der Waals surface area contributed by atoms with E-state index in [1.54, 1.807) is 0 Å². The van der Waals surface area contributed by atoms with Gasteiger partial charge in [0.15, 0.2) is 0 Å². The lowest BCUT2D eigenvalue weighted by Crippen LogP contribution is -1.92. The average molecular weight is 181 g/mol. The number of rotatable bonds is 3. The summed E-state index contributed by atoms with van der Waals surface area (Å²) in [6, 6.07) is 4.26. The molecule has 0 saturated carbocycles. The van der Waals surface area contributed by atoms with Crippen molar-refractivity contribution in [1.29, 1.82) is 0 Å². The molecule has 0 aliphatic carbocycles. The van der Waals surface area contributed by atoms with Crippen molar-refractivity contribution in [2.24, 2.45) is 0 Å². The number of thioether (sulfide) groups is 1. The zero-order valence-corrected chi connectivity index (χ0v) is 8.74. The number of hydrogen-bond donors (Lipinski definition) is 0. The first-order valence-electron chi connectivity index (χ1n) is 4.25. The summed E-state index contributed by atoms with van der Waals surface area (Å²) in [5.74, 6) is 2.20. The molecular formula is C10H15NS. The number of nitrogens with zero attached hydrogens (tertiary/aromatic N) is 1. The molecule has 0 unspecified atom stereocenters. The maximum absolute atomic E-state index is 4.49. The molecule has 1 aromatic heterocycles. The Kier molecular flexibility index (Phi) is 3.60. The third-order valence-electron chi connectivity index (χ3n) is 1.86. The van der Waals surface area contributed by atoms with Gasteiger partial charge in [-0.15, -0.1) is 0 Å². The minimum Gasteiger partial charge on any atom is -0.257 e. The largest absolute Gasteiger partial charge is 0.257 e. The molecule has 1 rings (SSSR count). The van der Waals surface area contributed by atoms with Gasteiger partial charge in [-0.2, -0.15) is 11.8 Å². The second kappa shape index (κ2) is 4.51. The predicted octanol–water partition coefficient (Wildman–Crippen LogP) is 2.95. The molecule has 2 heteroatoms. The predicted molar refractivity (Wildman–Crippen MR) is 55.5 cm³/mol. The standard InChI is InChI=1S/C10H15NS/c1-4-12-7-10-6-5-8(2)9(3)11-10/h5-6H,4,7H2,1-3H3. The van der Waals surface area contributed by atoms with Crippen LogP contribution in [-0.2, 0) is 5.75 Å². The van der Waals surface area contributed by atoms with E-state index < -0.39 is 0 Å². The van der Waals surface area contributed by atoms with E-state index in [-0.39, 0.29) is 0 Å². The summed E-state index contributed by atoms with van der Waals surface area (Å²) in [5.41, 5.74) is 3.63. The summed E-state index contributed by atoms with van der Waals surface area (Å²) in [5, 5.41) is 0. The van der Waals surface area contributed by atoms with Gasteiger partial charge in [0.05, 0.1) is 5.69 Å². The van der Waals surface area contributed by atoms with Crippen molar-refractivity contribution in [2.45, 2.75) is 26.5 Å². The van der Waals surface area contributed by atoms with Crippen LogP contribution in [-0.4, -0.2) is 10.7 Å². The molecule has 0 N–H and O–H groups in total. The average Bonchev–Trinajstić information content (AvgIpc) is 2.07. The Hall–Kier alpha value is -0.500. The van der Waals surface area contributed by atoms with E-state index in [9.17, 15) is 0 Å². The van der Waals surface area contributed by atoms with Crippen LogP contribution < -0.4 is 0 Å². The first-order valence-corrected chi connectivity index (χ1v) is 5.40. The molecule has 12 heavy (non-hydrogen) atoms. The molecule has 0 aliphatic rings. The lowest BCUT2D eigenvalue weighted by Gasteiger charge is -2.02. The normalized spacial score (nSPS) is 10.2. The van der Waals surface area contributed by atoms with Gasteiger partial charge >= 0.3 is 0 Å². The molecule has 1 nitrogen and oxygen atoms in total. The number of aryl methyl sites for hydroxylation is 2. The van der Waals surface area contributed by atoms with Gasteiger partial charge in [0, 0.05) is 11.4 Å². The Bertz CT molecular complexity index is 258. The van der Waals surface area contributed by atoms with E-state index in [2.05, 4.69) is 37.9 Å². The smallest absolute Gasteiger partial charge is 0.0506 e. The SMILES string of the molecule is CCSCc1ccc(C)c(C)n1. The van der Waals surface area contributed by atoms with E-state index in [0.29, 0.717) is 0 Å². The quantitative estimate of drug-likeness (QED) is 0.711. The van der Waals surface area contributed by atoms with Gasteiger partial charge in [-0.25, -0.2) is 0 Å². The highest BCUT2D eigenvalue weighted by molar-refractivity contribution is 7.98. The van der Waals surface area contributed by atoms with Gasteiger partial charge in [0.25, 0.3) is 0 Å². The summed E-state index contributed by atoms with van der Waals surface area (Å²) in [4.78, 5) is 4.49. The van der Waals surface area contributed by atoms with Crippen LogP contribution in [0.2, 0.25) is 0 Å². The van der Waals surface area contributed by atoms with Crippen molar-refractivity contribution in [1.82, 2.24) is 4.98 Å². The molecule has 0 amide bonds. The summed E-state index contributed by atoms with van der Waals surface area (Å²) >= 11 is 1.91. The molecule has 1 aromatic rings. The van der Waals surface area contributed by atoms with Crippen molar-refractivity contribution in [3.63, 3.8) is 0 Å². The zero-order valence-electron chi connectivity index (χ0n) is 7.92. The molecule has 0 aromatic carbocycles. The summed E-state index contributed by atoms with van der Waals surface area (Å²) < 4.78 is 0. The minimum atomic E-state index is 1.04. The van der Waals surface area contributed by atoms with Crippen molar-refractivity contribution >= 4 is 11.8 Å². The Morgan fingerprint density at radius 1 is 1.33 bits per heavy atom. The van der Waals surface area contributed by atoms with E-state index in [1.807, 2.05) is 11.8 Å². The summed E-state index contributed by atoms with van der Waals surface area (Å²) in [7, 11) is 0. The van der Waals surface area contributed by atoms with Crippen LogP contribution in [0.4, 0.5) is 0 Å².